The number of hydrogen-bond donors (Lipinski definition) is 6. The molecule has 2 heterocycles. The van der Waals surface area contributed by atoms with Crippen LogP contribution < -0.4 is 16.4 Å². The average Bonchev–Trinajstić information content (AvgIpc) is 3.54. The van der Waals surface area contributed by atoms with Crippen LogP contribution in [0.1, 0.15) is 31.0 Å². The third-order valence-electron chi connectivity index (χ3n) is 6.11. The molecular formula is C24H32N6O6. The van der Waals surface area contributed by atoms with E-state index in [1.165, 1.54) is 18.2 Å². The maximum atomic E-state index is 13.6. The predicted molar refractivity (Wildman–Crippen MR) is 128 cm³/mol. The lowest BCUT2D eigenvalue weighted by Crippen LogP contribution is -2.58. The molecular weight excluding hydrogens is 468 g/mol. The minimum atomic E-state index is -1.50. The Morgan fingerprint density at radius 2 is 1.92 bits per heavy atom. The van der Waals surface area contributed by atoms with Crippen molar-refractivity contribution in [1.29, 1.82) is 0 Å². The van der Waals surface area contributed by atoms with E-state index in [1.54, 1.807) is 6.20 Å². The van der Waals surface area contributed by atoms with Crippen LogP contribution in [0.2, 0.25) is 0 Å². The van der Waals surface area contributed by atoms with Crippen molar-refractivity contribution in [2.24, 2.45) is 5.73 Å². The van der Waals surface area contributed by atoms with Gasteiger partial charge >= 0.3 is 5.97 Å². The number of likely N-dealkylation sites (tertiary alicyclic amines) is 1. The Labute approximate surface area is 208 Å². The van der Waals surface area contributed by atoms with Crippen molar-refractivity contribution in [2.75, 3.05) is 6.54 Å². The van der Waals surface area contributed by atoms with Gasteiger partial charge in [-0.2, -0.15) is 0 Å². The number of nitrogens with two attached hydrogens (primary N) is 1. The normalized spacial score (nSPS) is 18.6. The van der Waals surface area contributed by atoms with Crippen molar-refractivity contribution >= 4 is 23.7 Å². The zero-order chi connectivity index (χ0) is 26.2. The molecule has 5 unspecified atom stereocenters. The minimum absolute atomic E-state index is 0.179. The van der Waals surface area contributed by atoms with Gasteiger partial charge in [0.2, 0.25) is 17.7 Å². The highest BCUT2D eigenvalue weighted by Crippen LogP contribution is 2.20. The van der Waals surface area contributed by atoms with Gasteiger partial charge in [-0.1, -0.05) is 30.3 Å². The van der Waals surface area contributed by atoms with E-state index in [2.05, 4.69) is 20.6 Å². The molecule has 1 saturated heterocycles. The Bertz CT molecular complexity index is 1040. The SMILES string of the molecule is CC(O)C(NC(=O)C1CCCN1C(=O)C(Cc1ccccc1)NC(=O)C(N)Cc1cnc[nH]1)C(=O)O. The molecule has 0 radical (unpaired) electrons. The third-order valence-corrected chi connectivity index (χ3v) is 6.11. The molecule has 0 saturated carbocycles. The van der Waals surface area contributed by atoms with Crippen LogP contribution in [-0.4, -0.2) is 85.6 Å². The van der Waals surface area contributed by atoms with Crippen molar-refractivity contribution < 1.29 is 29.4 Å². The number of aromatic nitrogens is 2. The summed E-state index contributed by atoms with van der Waals surface area (Å²) in [7, 11) is 0. The summed E-state index contributed by atoms with van der Waals surface area (Å²) in [5.41, 5.74) is 7.54. The van der Waals surface area contributed by atoms with Gasteiger partial charge in [0.1, 0.15) is 12.1 Å². The van der Waals surface area contributed by atoms with Gasteiger partial charge in [0.05, 0.1) is 18.5 Å². The summed E-state index contributed by atoms with van der Waals surface area (Å²) in [6.07, 6.45) is 2.95. The summed E-state index contributed by atoms with van der Waals surface area (Å²) in [5.74, 6) is -3.05. The molecule has 1 aromatic heterocycles. The number of aromatic amines is 1. The average molecular weight is 501 g/mol. The molecule has 7 N–H and O–H groups in total. The number of nitrogens with zero attached hydrogens (tertiary/aromatic N) is 2. The van der Waals surface area contributed by atoms with E-state index in [1.807, 2.05) is 30.3 Å². The number of aliphatic carboxylic acids is 1. The van der Waals surface area contributed by atoms with E-state index in [-0.39, 0.29) is 19.4 Å². The molecule has 12 heteroatoms. The first kappa shape index (κ1) is 26.8. The number of carbonyl (C=O) groups is 4. The first-order valence-corrected chi connectivity index (χ1v) is 11.8. The molecule has 0 bridgehead atoms. The standard InChI is InChI=1S/C24H32N6O6/c1-14(31)20(24(35)36)29-22(33)19-8-5-9-30(19)23(34)18(10-15-6-3-2-4-7-15)28-21(32)17(25)11-16-12-26-13-27-16/h2-4,6-7,12-14,17-20,31H,5,8-11,25H2,1H3,(H,26,27)(H,28,32)(H,29,33)(H,35,36). The van der Waals surface area contributed by atoms with Crippen molar-refractivity contribution in [3.8, 4) is 0 Å². The number of nitrogens with one attached hydrogen (secondary N) is 3. The van der Waals surface area contributed by atoms with Crippen molar-refractivity contribution in [3.05, 3.63) is 54.1 Å². The number of imidazole rings is 1. The number of benzene rings is 1. The minimum Gasteiger partial charge on any atom is -0.480 e. The highest BCUT2D eigenvalue weighted by molar-refractivity contribution is 5.94. The molecule has 0 spiro atoms. The van der Waals surface area contributed by atoms with Gasteiger partial charge in [-0.15, -0.1) is 0 Å². The quantitative estimate of drug-likeness (QED) is 0.225. The smallest absolute Gasteiger partial charge is 0.328 e. The number of carboxylic acids is 1. The number of carbonyl (C=O) groups excluding carboxylic acids is 3. The van der Waals surface area contributed by atoms with Crippen LogP contribution in [-0.2, 0) is 32.0 Å². The molecule has 1 aliphatic heterocycles. The van der Waals surface area contributed by atoms with Crippen LogP contribution in [0.3, 0.4) is 0 Å². The fourth-order valence-electron chi connectivity index (χ4n) is 4.20. The fourth-order valence-corrected chi connectivity index (χ4v) is 4.20. The van der Waals surface area contributed by atoms with Gasteiger partial charge < -0.3 is 36.5 Å². The molecule has 3 amide bonds. The summed E-state index contributed by atoms with van der Waals surface area (Å²) < 4.78 is 0. The number of aliphatic hydroxyl groups is 1. The van der Waals surface area contributed by atoms with Crippen molar-refractivity contribution in [1.82, 2.24) is 25.5 Å². The summed E-state index contributed by atoms with van der Waals surface area (Å²) in [5, 5.41) is 24.0. The summed E-state index contributed by atoms with van der Waals surface area (Å²) in [4.78, 5) is 58.9. The molecule has 12 nitrogen and oxygen atoms in total. The fraction of sp³-hybridized carbons (Fsp3) is 0.458. The number of aliphatic hydroxyl groups excluding tert-OH is 1. The third kappa shape index (κ3) is 6.89. The summed E-state index contributed by atoms with van der Waals surface area (Å²) >= 11 is 0. The van der Waals surface area contributed by atoms with Gasteiger partial charge in [0.15, 0.2) is 6.04 Å². The monoisotopic (exact) mass is 500 g/mol. The topological polar surface area (TPSA) is 191 Å². The maximum absolute atomic E-state index is 13.6. The highest BCUT2D eigenvalue weighted by atomic mass is 16.4. The van der Waals surface area contributed by atoms with Gasteiger partial charge in [-0.05, 0) is 25.3 Å². The van der Waals surface area contributed by atoms with Crippen LogP contribution in [0.25, 0.3) is 0 Å². The molecule has 2 aromatic rings. The lowest BCUT2D eigenvalue weighted by molar-refractivity contribution is -0.147. The van der Waals surface area contributed by atoms with E-state index in [9.17, 15) is 29.4 Å². The second-order valence-corrected chi connectivity index (χ2v) is 8.89. The molecule has 0 aliphatic carbocycles. The molecule has 36 heavy (non-hydrogen) atoms. The van der Waals surface area contributed by atoms with E-state index in [4.69, 9.17) is 5.73 Å². The van der Waals surface area contributed by atoms with Crippen LogP contribution >= 0.6 is 0 Å². The largest absolute Gasteiger partial charge is 0.480 e. The van der Waals surface area contributed by atoms with E-state index in [0.717, 1.165) is 5.56 Å². The Morgan fingerprint density at radius 1 is 1.19 bits per heavy atom. The zero-order valence-corrected chi connectivity index (χ0v) is 20.0. The number of hydrogen-bond acceptors (Lipinski definition) is 7. The Hall–Kier alpha value is -3.77. The zero-order valence-electron chi connectivity index (χ0n) is 20.0. The number of amides is 3. The van der Waals surface area contributed by atoms with Gasteiger partial charge in [-0.3, -0.25) is 14.4 Å². The molecule has 1 fully saturated rings. The molecule has 1 aliphatic rings. The van der Waals surface area contributed by atoms with Gasteiger partial charge in [0.25, 0.3) is 0 Å². The Kier molecular flexibility index (Phi) is 9.14. The number of carboxylic acid groups (broad SMARTS) is 1. The Balaban J connectivity index is 1.76. The molecule has 5 atom stereocenters. The van der Waals surface area contributed by atoms with E-state index >= 15 is 0 Å². The maximum Gasteiger partial charge on any atom is 0.328 e. The molecule has 1 aromatic carbocycles. The van der Waals surface area contributed by atoms with Crippen molar-refractivity contribution in [3.63, 3.8) is 0 Å². The summed E-state index contributed by atoms with van der Waals surface area (Å²) in [6.45, 7) is 1.53. The van der Waals surface area contributed by atoms with Crippen LogP contribution in [0.5, 0.6) is 0 Å². The predicted octanol–water partition coefficient (Wildman–Crippen LogP) is -1.05. The number of rotatable bonds is 11. The molecule has 3 rings (SSSR count). The van der Waals surface area contributed by atoms with E-state index < -0.39 is 54.0 Å². The second-order valence-electron chi connectivity index (χ2n) is 8.89. The Morgan fingerprint density at radius 3 is 2.53 bits per heavy atom. The summed E-state index contributed by atoms with van der Waals surface area (Å²) in [6, 6.07) is 4.76. The van der Waals surface area contributed by atoms with Crippen LogP contribution in [0.15, 0.2) is 42.9 Å². The van der Waals surface area contributed by atoms with E-state index in [0.29, 0.717) is 18.5 Å². The van der Waals surface area contributed by atoms with Crippen LogP contribution in [0.4, 0.5) is 0 Å². The van der Waals surface area contributed by atoms with Crippen LogP contribution in [0, 0.1) is 0 Å². The van der Waals surface area contributed by atoms with Gasteiger partial charge in [0, 0.05) is 31.3 Å². The first-order chi connectivity index (χ1) is 17.2. The first-order valence-electron chi connectivity index (χ1n) is 11.8. The lowest BCUT2D eigenvalue weighted by Gasteiger charge is -2.30. The van der Waals surface area contributed by atoms with Gasteiger partial charge in [-0.25, -0.2) is 9.78 Å². The second kappa shape index (κ2) is 12.3. The van der Waals surface area contributed by atoms with Crippen molar-refractivity contribution in [2.45, 2.75) is 62.9 Å². The highest BCUT2D eigenvalue weighted by Gasteiger charge is 2.39. The molecule has 194 valence electrons. The number of H-pyrrole nitrogens is 1. The lowest BCUT2D eigenvalue weighted by atomic mass is 10.0.